The fourth-order valence-corrected chi connectivity index (χ4v) is 4.71. The van der Waals surface area contributed by atoms with Crippen LogP contribution in [0, 0.1) is 6.92 Å². The van der Waals surface area contributed by atoms with Gasteiger partial charge in [0.15, 0.2) is 0 Å². The molecule has 1 aromatic heterocycles. The summed E-state index contributed by atoms with van der Waals surface area (Å²) in [5, 5.41) is 17.0. The number of aromatic hydroxyl groups is 1. The second kappa shape index (κ2) is 10.1. The minimum absolute atomic E-state index is 0.0958. The Morgan fingerprint density at radius 1 is 0.909 bits per heavy atom. The van der Waals surface area contributed by atoms with Crippen molar-refractivity contribution in [2.24, 2.45) is 0 Å². The van der Waals surface area contributed by atoms with Gasteiger partial charge in [-0.1, -0.05) is 23.8 Å². The van der Waals surface area contributed by atoms with Crippen molar-refractivity contribution in [3.05, 3.63) is 70.6 Å². The number of likely N-dealkylation sites (N-methyl/N-ethyl adjacent to an activating group) is 1. The second-order valence-corrected chi connectivity index (χ2v) is 9.32. The normalized spacial score (nSPS) is 14.5. The Balaban J connectivity index is 1.50. The number of aryl methyl sites for hydroxylation is 1. The largest absolute Gasteiger partial charge is 0.506 e. The van der Waals surface area contributed by atoms with E-state index in [0.717, 1.165) is 43.2 Å². The molecule has 172 valence electrons. The smallest absolute Gasteiger partial charge is 0.265 e. The molecule has 8 heteroatoms. The number of phenols is 1. The zero-order valence-corrected chi connectivity index (χ0v) is 19.6. The number of benzene rings is 2. The molecule has 3 N–H and O–H groups in total. The van der Waals surface area contributed by atoms with Gasteiger partial charge >= 0.3 is 0 Å². The average molecular weight is 465 g/mol. The number of rotatable bonds is 5. The highest BCUT2D eigenvalue weighted by Gasteiger charge is 2.20. The first-order valence-corrected chi connectivity index (χ1v) is 11.8. The minimum Gasteiger partial charge on any atom is -0.506 e. The quantitative estimate of drug-likeness (QED) is 0.487. The highest BCUT2D eigenvalue weighted by molar-refractivity contribution is 7.18. The summed E-state index contributed by atoms with van der Waals surface area (Å²) >= 11 is 1.41. The highest BCUT2D eigenvalue weighted by Crippen LogP contribution is 2.31. The molecule has 7 nitrogen and oxygen atoms in total. The predicted octanol–water partition coefficient (Wildman–Crippen LogP) is 4.41. The molecule has 0 spiro atoms. The van der Waals surface area contributed by atoms with Gasteiger partial charge in [-0.15, -0.1) is 11.3 Å². The molecule has 1 saturated heterocycles. The summed E-state index contributed by atoms with van der Waals surface area (Å²) in [5.74, 6) is -0.929. The van der Waals surface area contributed by atoms with Crippen molar-refractivity contribution in [3.8, 4) is 5.75 Å². The molecule has 0 unspecified atom stereocenters. The molecular formula is C25H28N4O3S. The third kappa shape index (κ3) is 5.53. The van der Waals surface area contributed by atoms with Gasteiger partial charge in [0.2, 0.25) is 0 Å². The van der Waals surface area contributed by atoms with Crippen LogP contribution in [0.25, 0.3) is 0 Å². The maximum atomic E-state index is 13.0. The molecule has 3 aromatic rings. The van der Waals surface area contributed by atoms with Gasteiger partial charge in [0.1, 0.15) is 5.75 Å². The van der Waals surface area contributed by atoms with Crippen LogP contribution in [0.2, 0.25) is 0 Å². The zero-order valence-electron chi connectivity index (χ0n) is 18.8. The van der Waals surface area contributed by atoms with E-state index in [2.05, 4.69) is 27.5 Å². The van der Waals surface area contributed by atoms with Crippen molar-refractivity contribution in [3.63, 3.8) is 0 Å². The van der Waals surface area contributed by atoms with Crippen LogP contribution in [0.5, 0.6) is 5.75 Å². The summed E-state index contributed by atoms with van der Waals surface area (Å²) in [6.07, 6.45) is 1.08. The van der Waals surface area contributed by atoms with Crippen LogP contribution in [-0.4, -0.2) is 55.0 Å². The van der Waals surface area contributed by atoms with Crippen LogP contribution < -0.4 is 15.5 Å². The molecule has 1 aliphatic rings. The molecule has 0 radical (unpaired) electrons. The van der Waals surface area contributed by atoms with Crippen LogP contribution in [-0.2, 0) is 0 Å². The molecule has 33 heavy (non-hydrogen) atoms. The standard InChI is InChI=1S/C25H28N4O3S/c1-17-7-9-18(10-8-17)26-24(31)19-5-3-6-20(30)23(19)27-25(32)21-11-12-22(33-21)29-14-4-13-28(2)15-16-29/h3,5-12,30H,4,13-16H2,1-2H3,(H,26,31)(H,27,32). The van der Waals surface area contributed by atoms with E-state index in [1.165, 1.54) is 17.4 Å². The highest BCUT2D eigenvalue weighted by atomic mass is 32.1. The molecular weight excluding hydrogens is 436 g/mol. The summed E-state index contributed by atoms with van der Waals surface area (Å²) in [6, 6.07) is 15.8. The molecule has 0 atom stereocenters. The molecule has 0 bridgehead atoms. The lowest BCUT2D eigenvalue weighted by atomic mass is 10.1. The van der Waals surface area contributed by atoms with Crippen molar-refractivity contribution in [1.82, 2.24) is 4.90 Å². The van der Waals surface area contributed by atoms with E-state index < -0.39 is 5.91 Å². The first-order chi connectivity index (χ1) is 15.9. The summed E-state index contributed by atoms with van der Waals surface area (Å²) in [4.78, 5) is 31.0. The van der Waals surface area contributed by atoms with Gasteiger partial charge in [0.05, 0.1) is 21.1 Å². The fourth-order valence-electron chi connectivity index (χ4n) is 3.76. The molecule has 2 amide bonds. The molecule has 1 fully saturated rings. The summed E-state index contributed by atoms with van der Waals surface area (Å²) in [6.45, 7) is 5.89. The van der Waals surface area contributed by atoms with E-state index in [1.54, 1.807) is 18.2 Å². The Morgan fingerprint density at radius 3 is 2.48 bits per heavy atom. The molecule has 0 aliphatic carbocycles. The lowest BCUT2D eigenvalue weighted by Gasteiger charge is -2.20. The first-order valence-electron chi connectivity index (χ1n) is 11.0. The summed E-state index contributed by atoms with van der Waals surface area (Å²) < 4.78 is 0. The number of nitrogens with zero attached hydrogens (tertiary/aromatic N) is 2. The van der Waals surface area contributed by atoms with Crippen LogP contribution in [0.4, 0.5) is 16.4 Å². The lowest BCUT2D eigenvalue weighted by molar-refractivity contribution is 0.102. The molecule has 0 saturated carbocycles. The maximum absolute atomic E-state index is 13.0. The van der Waals surface area contributed by atoms with Crippen molar-refractivity contribution in [1.29, 1.82) is 0 Å². The Bertz CT molecular complexity index is 1140. The molecule has 4 rings (SSSR count). The van der Waals surface area contributed by atoms with Gasteiger partial charge in [-0.25, -0.2) is 0 Å². The van der Waals surface area contributed by atoms with Crippen molar-refractivity contribution < 1.29 is 14.7 Å². The SMILES string of the molecule is Cc1ccc(NC(=O)c2cccc(O)c2NC(=O)c2ccc(N3CCCN(C)CC3)s2)cc1. The van der Waals surface area contributed by atoms with Crippen molar-refractivity contribution in [2.45, 2.75) is 13.3 Å². The Hall–Kier alpha value is -3.36. The summed E-state index contributed by atoms with van der Waals surface area (Å²) in [5.41, 5.74) is 2.01. The third-order valence-corrected chi connectivity index (χ3v) is 6.83. The van der Waals surface area contributed by atoms with Gasteiger partial charge in [-0.3, -0.25) is 9.59 Å². The number of carbonyl (C=O) groups excluding carboxylic acids is 2. The van der Waals surface area contributed by atoms with Gasteiger partial charge in [0.25, 0.3) is 11.8 Å². The topological polar surface area (TPSA) is 84.9 Å². The van der Waals surface area contributed by atoms with Gasteiger partial charge in [-0.2, -0.15) is 0 Å². The molecule has 2 heterocycles. The lowest BCUT2D eigenvalue weighted by Crippen LogP contribution is -2.28. The van der Waals surface area contributed by atoms with Gasteiger partial charge in [-0.05, 0) is 63.3 Å². The summed E-state index contributed by atoms with van der Waals surface area (Å²) in [7, 11) is 2.12. The van der Waals surface area contributed by atoms with Crippen molar-refractivity contribution >= 4 is 39.5 Å². The van der Waals surface area contributed by atoms with Crippen LogP contribution in [0.15, 0.2) is 54.6 Å². The number of phenolic OH excluding ortho intramolecular Hbond substituents is 1. The van der Waals surface area contributed by atoms with E-state index in [1.807, 2.05) is 37.3 Å². The van der Waals surface area contributed by atoms with Crippen LogP contribution >= 0.6 is 11.3 Å². The Morgan fingerprint density at radius 2 is 1.70 bits per heavy atom. The van der Waals surface area contributed by atoms with E-state index in [0.29, 0.717) is 10.6 Å². The number of nitrogens with one attached hydrogen (secondary N) is 2. The number of thiophene rings is 1. The number of hydrogen-bond acceptors (Lipinski definition) is 6. The van der Waals surface area contributed by atoms with Crippen LogP contribution in [0.3, 0.4) is 0 Å². The maximum Gasteiger partial charge on any atom is 0.265 e. The predicted molar refractivity (Wildman–Crippen MR) is 134 cm³/mol. The third-order valence-electron chi connectivity index (χ3n) is 5.68. The van der Waals surface area contributed by atoms with Crippen LogP contribution in [0.1, 0.15) is 32.0 Å². The number of para-hydroxylation sites is 1. The Labute approximate surface area is 197 Å². The van der Waals surface area contributed by atoms with E-state index in [-0.39, 0.29) is 22.9 Å². The zero-order chi connectivity index (χ0) is 23.4. The Kier molecular flexibility index (Phi) is 6.96. The van der Waals surface area contributed by atoms with Gasteiger partial charge in [0, 0.05) is 25.3 Å². The first kappa shape index (κ1) is 22.8. The number of carbonyl (C=O) groups is 2. The van der Waals surface area contributed by atoms with E-state index in [4.69, 9.17) is 0 Å². The molecule has 1 aliphatic heterocycles. The molecule has 2 aromatic carbocycles. The number of amides is 2. The van der Waals surface area contributed by atoms with Crippen molar-refractivity contribution in [2.75, 3.05) is 48.8 Å². The van der Waals surface area contributed by atoms with E-state index in [9.17, 15) is 14.7 Å². The number of anilines is 3. The second-order valence-electron chi connectivity index (χ2n) is 8.26. The minimum atomic E-state index is -0.411. The fraction of sp³-hybridized carbons (Fsp3) is 0.280. The average Bonchev–Trinajstić information content (AvgIpc) is 3.19. The number of hydrogen-bond donors (Lipinski definition) is 3. The monoisotopic (exact) mass is 464 g/mol. The van der Waals surface area contributed by atoms with E-state index >= 15 is 0 Å². The van der Waals surface area contributed by atoms with Gasteiger partial charge < -0.3 is 25.5 Å².